The van der Waals surface area contributed by atoms with Gasteiger partial charge >= 0.3 is 6.18 Å². The quantitative estimate of drug-likeness (QED) is 0.396. The van der Waals surface area contributed by atoms with Crippen LogP contribution in [-0.4, -0.2) is 49.3 Å². The van der Waals surface area contributed by atoms with Crippen LogP contribution >= 0.6 is 0 Å². The third kappa shape index (κ3) is 3.83. The number of H-pyrrole nitrogens is 2. The molecule has 4 heterocycles. The topological polar surface area (TPSA) is 107 Å². The number of fused-ring (bicyclic) bond motifs is 1. The second-order valence-electron chi connectivity index (χ2n) is 7.43. The molecule has 4 aromatic rings. The third-order valence-electron chi connectivity index (χ3n) is 5.33. The average molecular weight is 428 g/mol. The van der Waals surface area contributed by atoms with Crippen molar-refractivity contribution < 1.29 is 13.2 Å². The van der Waals surface area contributed by atoms with E-state index in [-0.39, 0.29) is 17.7 Å². The van der Waals surface area contributed by atoms with Gasteiger partial charge in [-0.25, -0.2) is 15.0 Å². The molecule has 1 aliphatic heterocycles. The second kappa shape index (κ2) is 7.65. The molecule has 1 atom stereocenters. The van der Waals surface area contributed by atoms with E-state index in [2.05, 4.69) is 40.8 Å². The highest BCUT2D eigenvalue weighted by Crippen LogP contribution is 2.39. The molecule has 0 amide bonds. The van der Waals surface area contributed by atoms with E-state index in [0.717, 1.165) is 37.7 Å². The van der Waals surface area contributed by atoms with Gasteiger partial charge < -0.3 is 15.6 Å². The van der Waals surface area contributed by atoms with Crippen molar-refractivity contribution in [3.05, 3.63) is 42.5 Å². The fourth-order valence-electron chi connectivity index (χ4n) is 3.83. The van der Waals surface area contributed by atoms with E-state index in [4.69, 9.17) is 0 Å². The lowest BCUT2D eigenvalue weighted by atomic mass is 10.0. The lowest BCUT2D eigenvalue weighted by molar-refractivity contribution is -0.137. The van der Waals surface area contributed by atoms with Gasteiger partial charge in [-0.05, 0) is 25.5 Å². The average Bonchev–Trinajstić information content (AvgIpc) is 3.43. The molecule has 31 heavy (non-hydrogen) atoms. The summed E-state index contributed by atoms with van der Waals surface area (Å²) in [6, 6.07) is 5.38. The summed E-state index contributed by atoms with van der Waals surface area (Å²) >= 11 is 0. The fraction of sp³-hybridized carbons (Fsp3) is 0.300. The number of aromatic nitrogens is 6. The highest BCUT2D eigenvalue weighted by molar-refractivity contribution is 5.97. The van der Waals surface area contributed by atoms with Gasteiger partial charge in [0.25, 0.3) is 0 Å². The van der Waals surface area contributed by atoms with Gasteiger partial charge in [0, 0.05) is 47.0 Å². The van der Waals surface area contributed by atoms with Crippen molar-refractivity contribution in [3.63, 3.8) is 0 Å². The van der Waals surface area contributed by atoms with Gasteiger partial charge in [0.1, 0.15) is 11.9 Å². The van der Waals surface area contributed by atoms with Crippen LogP contribution in [0.5, 0.6) is 0 Å². The maximum Gasteiger partial charge on any atom is 0.419 e. The molecule has 0 radical (unpaired) electrons. The van der Waals surface area contributed by atoms with E-state index in [1.54, 1.807) is 18.2 Å². The number of halogens is 3. The van der Waals surface area contributed by atoms with E-state index in [9.17, 15) is 13.2 Å². The number of hydrogen-bond acceptors (Lipinski definition) is 6. The summed E-state index contributed by atoms with van der Waals surface area (Å²) in [5.74, 6) is 0.687. The highest BCUT2D eigenvalue weighted by atomic mass is 19.4. The van der Waals surface area contributed by atoms with Crippen molar-refractivity contribution >= 4 is 16.9 Å². The Morgan fingerprint density at radius 3 is 2.81 bits per heavy atom. The van der Waals surface area contributed by atoms with Gasteiger partial charge in [-0.1, -0.05) is 12.1 Å². The number of benzene rings is 1. The molecular formula is C20H19F3N8. The largest absolute Gasteiger partial charge is 0.419 e. The first-order valence-electron chi connectivity index (χ1n) is 9.88. The maximum atomic E-state index is 13.7. The van der Waals surface area contributed by atoms with Gasteiger partial charge in [0.2, 0.25) is 5.95 Å². The predicted octanol–water partition coefficient (Wildman–Crippen LogP) is 3.59. The van der Waals surface area contributed by atoms with E-state index >= 15 is 0 Å². The summed E-state index contributed by atoms with van der Waals surface area (Å²) in [5.41, 5.74) is 0.726. The normalized spacial score (nSPS) is 17.2. The van der Waals surface area contributed by atoms with E-state index < -0.39 is 11.7 Å². The molecule has 5 rings (SSSR count). The summed E-state index contributed by atoms with van der Waals surface area (Å²) in [5, 5.41) is 13.7. The van der Waals surface area contributed by atoms with Crippen molar-refractivity contribution in [1.29, 1.82) is 0 Å². The molecule has 0 unspecified atom stereocenters. The second-order valence-corrected chi connectivity index (χ2v) is 7.43. The van der Waals surface area contributed by atoms with E-state index in [1.807, 2.05) is 0 Å². The number of rotatable bonds is 4. The Hall–Kier alpha value is -3.47. The first kappa shape index (κ1) is 19.5. The van der Waals surface area contributed by atoms with Crippen molar-refractivity contribution in [3.8, 4) is 22.6 Å². The third-order valence-corrected chi connectivity index (χ3v) is 5.33. The molecule has 0 bridgehead atoms. The fourth-order valence-corrected chi connectivity index (χ4v) is 3.83. The van der Waals surface area contributed by atoms with Crippen LogP contribution < -0.4 is 10.6 Å². The SMILES string of the molecule is FC(F)(F)c1cnc(N[C@H]2CCCNC2)nc1-c1c[nH]c2cc(-c3nc[nH]n3)ccc12. The molecule has 0 saturated carbocycles. The van der Waals surface area contributed by atoms with Crippen LogP contribution in [0, 0.1) is 0 Å². The van der Waals surface area contributed by atoms with Crippen LogP contribution in [0.1, 0.15) is 18.4 Å². The molecule has 1 aliphatic rings. The molecule has 0 aliphatic carbocycles. The predicted molar refractivity (Wildman–Crippen MR) is 109 cm³/mol. The zero-order valence-corrected chi connectivity index (χ0v) is 16.3. The molecule has 1 fully saturated rings. The van der Waals surface area contributed by atoms with Crippen LogP contribution in [0.25, 0.3) is 33.5 Å². The smallest absolute Gasteiger partial charge is 0.360 e. The molecule has 3 aromatic heterocycles. The number of hydrogen-bond donors (Lipinski definition) is 4. The number of alkyl halides is 3. The lowest BCUT2D eigenvalue weighted by Gasteiger charge is -2.24. The van der Waals surface area contributed by atoms with Gasteiger partial charge in [0.15, 0.2) is 5.82 Å². The Balaban J connectivity index is 1.57. The molecule has 160 valence electrons. The Morgan fingerprint density at radius 2 is 2.06 bits per heavy atom. The first-order valence-corrected chi connectivity index (χ1v) is 9.88. The number of aromatic amines is 2. The highest BCUT2D eigenvalue weighted by Gasteiger charge is 2.36. The minimum atomic E-state index is -4.58. The number of nitrogens with zero attached hydrogens (tertiary/aromatic N) is 4. The lowest BCUT2D eigenvalue weighted by Crippen LogP contribution is -2.38. The number of nitrogens with one attached hydrogen (secondary N) is 4. The standard InChI is InChI=1S/C20H19F3N8/c21-20(22,23)15-9-26-19(29-12-2-1-5-24-7-12)30-17(15)14-8-25-16-6-11(3-4-13(14)16)18-27-10-28-31-18/h3-4,6,8-10,12,24-25H,1-2,5,7H2,(H,26,29,30)(H,27,28,31)/t12-/m0/s1. The van der Waals surface area contributed by atoms with Crippen LogP contribution in [0.4, 0.5) is 19.1 Å². The first-order chi connectivity index (χ1) is 15.0. The zero-order chi connectivity index (χ0) is 21.4. The summed E-state index contributed by atoms with van der Waals surface area (Å²) < 4.78 is 41.2. The molecule has 1 aromatic carbocycles. The van der Waals surface area contributed by atoms with Crippen molar-refractivity contribution in [1.82, 2.24) is 35.5 Å². The van der Waals surface area contributed by atoms with Crippen LogP contribution in [0.2, 0.25) is 0 Å². The van der Waals surface area contributed by atoms with E-state index in [0.29, 0.717) is 22.3 Å². The molecule has 4 N–H and O–H groups in total. The van der Waals surface area contributed by atoms with Crippen molar-refractivity contribution in [2.75, 3.05) is 18.4 Å². The summed E-state index contributed by atoms with van der Waals surface area (Å²) in [4.78, 5) is 15.4. The summed E-state index contributed by atoms with van der Waals surface area (Å²) in [6.45, 7) is 1.65. The molecule has 11 heteroatoms. The minimum Gasteiger partial charge on any atom is -0.360 e. The summed E-state index contributed by atoms with van der Waals surface area (Å²) in [7, 11) is 0. The van der Waals surface area contributed by atoms with Gasteiger partial charge in [-0.3, -0.25) is 5.10 Å². The molecule has 8 nitrogen and oxygen atoms in total. The van der Waals surface area contributed by atoms with Crippen molar-refractivity contribution in [2.45, 2.75) is 25.1 Å². The van der Waals surface area contributed by atoms with Crippen LogP contribution in [0.3, 0.4) is 0 Å². The Labute approximate surface area is 174 Å². The van der Waals surface area contributed by atoms with Crippen molar-refractivity contribution in [2.24, 2.45) is 0 Å². The summed E-state index contributed by atoms with van der Waals surface area (Å²) in [6.07, 6.45) is 1.16. The Kier molecular flexibility index (Phi) is 4.81. The zero-order valence-electron chi connectivity index (χ0n) is 16.3. The number of piperidine rings is 1. The Bertz CT molecular complexity index is 1190. The van der Waals surface area contributed by atoms with Crippen LogP contribution in [0.15, 0.2) is 36.9 Å². The van der Waals surface area contributed by atoms with Gasteiger partial charge in [-0.2, -0.15) is 18.3 Å². The monoisotopic (exact) mass is 428 g/mol. The molecule has 0 spiro atoms. The molecule has 1 saturated heterocycles. The van der Waals surface area contributed by atoms with Gasteiger partial charge in [-0.15, -0.1) is 0 Å². The molecular weight excluding hydrogens is 409 g/mol. The van der Waals surface area contributed by atoms with E-state index in [1.165, 1.54) is 12.5 Å². The van der Waals surface area contributed by atoms with Gasteiger partial charge in [0.05, 0.1) is 5.69 Å². The minimum absolute atomic E-state index is 0.0743. The van der Waals surface area contributed by atoms with Crippen LogP contribution in [-0.2, 0) is 6.18 Å². The Morgan fingerprint density at radius 1 is 1.16 bits per heavy atom. The number of anilines is 1. The maximum absolute atomic E-state index is 13.7.